The SMILES string of the molecule is N#Cc1ccc(CNc2ccc(N)cc2)cc1. The molecular weight excluding hydrogens is 210 g/mol. The third-order valence-corrected chi connectivity index (χ3v) is 2.49. The molecule has 0 saturated carbocycles. The largest absolute Gasteiger partial charge is 0.399 e. The summed E-state index contributed by atoms with van der Waals surface area (Å²) in [6.45, 7) is 0.732. The predicted molar refractivity (Wildman–Crippen MR) is 69.3 cm³/mol. The van der Waals surface area contributed by atoms with Gasteiger partial charge in [-0.1, -0.05) is 12.1 Å². The van der Waals surface area contributed by atoms with E-state index in [2.05, 4.69) is 11.4 Å². The Morgan fingerprint density at radius 1 is 1.00 bits per heavy atom. The number of nitriles is 1. The summed E-state index contributed by atoms with van der Waals surface area (Å²) in [5, 5.41) is 12.0. The van der Waals surface area contributed by atoms with Crippen molar-refractivity contribution in [3.8, 4) is 6.07 Å². The summed E-state index contributed by atoms with van der Waals surface area (Å²) < 4.78 is 0. The van der Waals surface area contributed by atoms with Gasteiger partial charge in [-0.05, 0) is 42.0 Å². The Kier molecular flexibility index (Phi) is 3.27. The highest BCUT2D eigenvalue weighted by atomic mass is 14.9. The second-order valence-corrected chi connectivity index (χ2v) is 3.78. The second-order valence-electron chi connectivity index (χ2n) is 3.78. The Morgan fingerprint density at radius 3 is 2.24 bits per heavy atom. The molecule has 3 N–H and O–H groups in total. The van der Waals surface area contributed by atoms with Crippen LogP contribution in [0.1, 0.15) is 11.1 Å². The van der Waals surface area contributed by atoms with E-state index in [1.54, 1.807) is 0 Å². The van der Waals surface area contributed by atoms with E-state index in [9.17, 15) is 0 Å². The molecule has 0 amide bonds. The minimum Gasteiger partial charge on any atom is -0.399 e. The molecule has 0 heterocycles. The van der Waals surface area contributed by atoms with Crippen molar-refractivity contribution in [2.24, 2.45) is 0 Å². The highest BCUT2D eigenvalue weighted by Crippen LogP contribution is 2.12. The summed E-state index contributed by atoms with van der Waals surface area (Å²) in [4.78, 5) is 0. The summed E-state index contributed by atoms with van der Waals surface area (Å²) in [6.07, 6.45) is 0. The third kappa shape index (κ3) is 2.99. The molecular formula is C14H13N3. The van der Waals surface area contributed by atoms with Gasteiger partial charge in [0.2, 0.25) is 0 Å². The van der Waals surface area contributed by atoms with Gasteiger partial charge in [-0.3, -0.25) is 0 Å². The van der Waals surface area contributed by atoms with Crippen molar-refractivity contribution in [1.29, 1.82) is 5.26 Å². The zero-order chi connectivity index (χ0) is 12.1. The lowest BCUT2D eigenvalue weighted by molar-refractivity contribution is 1.15. The van der Waals surface area contributed by atoms with Crippen LogP contribution in [0.3, 0.4) is 0 Å². The molecule has 0 spiro atoms. The van der Waals surface area contributed by atoms with E-state index >= 15 is 0 Å². The van der Waals surface area contributed by atoms with Crippen molar-refractivity contribution >= 4 is 11.4 Å². The summed E-state index contributed by atoms with van der Waals surface area (Å²) in [7, 11) is 0. The molecule has 0 bridgehead atoms. The molecule has 17 heavy (non-hydrogen) atoms. The fraction of sp³-hybridized carbons (Fsp3) is 0.0714. The van der Waals surface area contributed by atoms with E-state index in [-0.39, 0.29) is 0 Å². The fourth-order valence-corrected chi connectivity index (χ4v) is 1.50. The predicted octanol–water partition coefficient (Wildman–Crippen LogP) is 2.75. The first-order valence-corrected chi connectivity index (χ1v) is 5.36. The van der Waals surface area contributed by atoms with Crippen molar-refractivity contribution in [3.63, 3.8) is 0 Å². The van der Waals surface area contributed by atoms with E-state index in [4.69, 9.17) is 11.0 Å². The molecule has 2 aromatic rings. The van der Waals surface area contributed by atoms with E-state index < -0.39 is 0 Å². The maximum Gasteiger partial charge on any atom is 0.0991 e. The average molecular weight is 223 g/mol. The number of nitrogens with zero attached hydrogens (tertiary/aromatic N) is 1. The normalized spacial score (nSPS) is 9.59. The molecule has 3 heteroatoms. The Hall–Kier alpha value is -2.47. The van der Waals surface area contributed by atoms with Crippen molar-refractivity contribution in [2.75, 3.05) is 11.1 Å². The number of hydrogen-bond acceptors (Lipinski definition) is 3. The molecule has 84 valence electrons. The number of anilines is 2. The van der Waals surface area contributed by atoms with Crippen LogP contribution in [0, 0.1) is 11.3 Å². The lowest BCUT2D eigenvalue weighted by Gasteiger charge is -2.06. The number of hydrogen-bond donors (Lipinski definition) is 2. The van der Waals surface area contributed by atoms with Crippen LogP contribution in [-0.4, -0.2) is 0 Å². The molecule has 0 unspecified atom stereocenters. The lowest BCUT2D eigenvalue weighted by Crippen LogP contribution is -1.99. The molecule has 0 aliphatic rings. The molecule has 3 nitrogen and oxygen atoms in total. The molecule has 2 aromatic carbocycles. The number of nitrogens with two attached hydrogens (primary N) is 1. The van der Waals surface area contributed by atoms with Crippen molar-refractivity contribution in [3.05, 3.63) is 59.7 Å². The van der Waals surface area contributed by atoms with Crippen molar-refractivity contribution in [1.82, 2.24) is 0 Å². The maximum atomic E-state index is 8.68. The van der Waals surface area contributed by atoms with Gasteiger partial charge in [0.25, 0.3) is 0 Å². The summed E-state index contributed by atoms with van der Waals surface area (Å²) in [5.74, 6) is 0. The third-order valence-electron chi connectivity index (χ3n) is 2.49. The summed E-state index contributed by atoms with van der Waals surface area (Å²) in [6, 6.07) is 17.2. The topological polar surface area (TPSA) is 61.8 Å². The highest BCUT2D eigenvalue weighted by Gasteiger charge is 1.95. The number of nitrogen functional groups attached to an aromatic ring is 1. The monoisotopic (exact) mass is 223 g/mol. The minimum atomic E-state index is 0.682. The zero-order valence-corrected chi connectivity index (χ0v) is 9.35. The summed E-state index contributed by atoms with van der Waals surface area (Å²) in [5.41, 5.74) is 9.22. The van der Waals surface area contributed by atoms with Gasteiger partial charge in [0.05, 0.1) is 11.6 Å². The smallest absolute Gasteiger partial charge is 0.0991 e. The van der Waals surface area contributed by atoms with Gasteiger partial charge in [0.1, 0.15) is 0 Å². The Balaban J connectivity index is 1.98. The molecule has 2 rings (SSSR count). The van der Waals surface area contributed by atoms with Crippen LogP contribution in [-0.2, 0) is 6.54 Å². The minimum absolute atomic E-state index is 0.682. The first-order chi connectivity index (χ1) is 8.28. The Morgan fingerprint density at radius 2 is 1.65 bits per heavy atom. The van der Waals surface area contributed by atoms with Crippen LogP contribution in [0.25, 0.3) is 0 Å². The van der Waals surface area contributed by atoms with Gasteiger partial charge >= 0.3 is 0 Å². The van der Waals surface area contributed by atoms with Gasteiger partial charge in [0, 0.05) is 17.9 Å². The van der Waals surface area contributed by atoms with Crippen molar-refractivity contribution in [2.45, 2.75) is 6.54 Å². The maximum absolute atomic E-state index is 8.68. The number of nitrogens with one attached hydrogen (secondary N) is 1. The molecule has 0 aromatic heterocycles. The van der Waals surface area contributed by atoms with Crippen LogP contribution in [0.5, 0.6) is 0 Å². The van der Waals surface area contributed by atoms with E-state index in [0.29, 0.717) is 5.56 Å². The van der Waals surface area contributed by atoms with E-state index in [1.165, 1.54) is 0 Å². The molecule has 0 atom stereocenters. The second kappa shape index (κ2) is 5.04. The van der Waals surface area contributed by atoms with Crippen LogP contribution in [0.4, 0.5) is 11.4 Å². The molecule has 0 radical (unpaired) electrons. The van der Waals surface area contributed by atoms with Gasteiger partial charge in [0.15, 0.2) is 0 Å². The van der Waals surface area contributed by atoms with Gasteiger partial charge in [-0.2, -0.15) is 5.26 Å². The van der Waals surface area contributed by atoms with E-state index in [1.807, 2.05) is 48.5 Å². The molecule has 0 saturated heterocycles. The molecule has 0 aliphatic carbocycles. The first-order valence-electron chi connectivity index (χ1n) is 5.36. The van der Waals surface area contributed by atoms with E-state index in [0.717, 1.165) is 23.5 Å². The van der Waals surface area contributed by atoms with Gasteiger partial charge in [-0.15, -0.1) is 0 Å². The zero-order valence-electron chi connectivity index (χ0n) is 9.35. The molecule has 0 fully saturated rings. The summed E-state index contributed by atoms with van der Waals surface area (Å²) >= 11 is 0. The first kappa shape index (κ1) is 11.0. The van der Waals surface area contributed by atoms with Crippen LogP contribution in [0.2, 0.25) is 0 Å². The van der Waals surface area contributed by atoms with Crippen LogP contribution in [0.15, 0.2) is 48.5 Å². The van der Waals surface area contributed by atoms with Crippen LogP contribution >= 0.6 is 0 Å². The quantitative estimate of drug-likeness (QED) is 0.786. The number of rotatable bonds is 3. The van der Waals surface area contributed by atoms with Gasteiger partial charge in [-0.25, -0.2) is 0 Å². The molecule has 0 aliphatic heterocycles. The van der Waals surface area contributed by atoms with Crippen LogP contribution < -0.4 is 11.1 Å². The standard InChI is InChI=1S/C14H13N3/c15-9-11-1-3-12(4-2-11)10-17-14-7-5-13(16)6-8-14/h1-8,17H,10,16H2. The Labute approximate surface area is 101 Å². The van der Waals surface area contributed by atoms with Gasteiger partial charge < -0.3 is 11.1 Å². The van der Waals surface area contributed by atoms with Crippen molar-refractivity contribution < 1.29 is 0 Å². The lowest BCUT2D eigenvalue weighted by atomic mass is 10.1. The Bertz CT molecular complexity index is 521. The number of benzene rings is 2. The average Bonchev–Trinajstić information content (AvgIpc) is 2.39. The highest BCUT2D eigenvalue weighted by molar-refractivity contribution is 5.51. The fourth-order valence-electron chi connectivity index (χ4n) is 1.50.